The molecule has 10 nitrogen and oxygen atoms in total. The molecular weight excluding hydrogens is 486 g/mol. The smallest absolute Gasteiger partial charge is 0.338 e. The lowest BCUT2D eigenvalue weighted by molar-refractivity contribution is -0.384. The summed E-state index contributed by atoms with van der Waals surface area (Å²) in [6.45, 7) is 3.54. The quantitative estimate of drug-likeness (QED) is 0.273. The number of benzene rings is 2. The van der Waals surface area contributed by atoms with Crippen LogP contribution in [-0.2, 0) is 9.53 Å². The third-order valence-electron chi connectivity index (χ3n) is 5.63. The third kappa shape index (κ3) is 4.52. The van der Waals surface area contributed by atoms with Crippen molar-refractivity contribution in [2.24, 2.45) is 4.99 Å². The number of hydrogen-bond acceptors (Lipinski definition) is 9. The zero-order valence-corrected chi connectivity index (χ0v) is 20.8. The predicted molar refractivity (Wildman–Crippen MR) is 133 cm³/mol. The molecule has 2 aromatic carbocycles. The Hall–Kier alpha value is -4.25. The van der Waals surface area contributed by atoms with Crippen molar-refractivity contribution in [3.05, 3.63) is 94.7 Å². The predicted octanol–water partition coefficient (Wildman–Crippen LogP) is 2.72. The third-order valence-corrected chi connectivity index (χ3v) is 6.61. The minimum absolute atomic E-state index is 0.0854. The van der Waals surface area contributed by atoms with Crippen molar-refractivity contribution < 1.29 is 23.9 Å². The van der Waals surface area contributed by atoms with E-state index in [1.165, 1.54) is 30.9 Å². The molecule has 0 saturated heterocycles. The van der Waals surface area contributed by atoms with Crippen molar-refractivity contribution in [2.45, 2.75) is 19.9 Å². The number of thiazole rings is 1. The van der Waals surface area contributed by atoms with Crippen LogP contribution in [0, 0.1) is 10.1 Å². The standard InChI is InChI=1S/C25H23N3O7S/c1-5-35-24(30)21-14(2)26-25-27(22(21)18-10-9-17(33-3)13-19(18)34-4)23(29)20(36-25)12-15-7-6-8-16(11-15)28(31)32/h6-13,22H,5H2,1-4H3/b20-12-/t22-/m0/s1. The first kappa shape index (κ1) is 24.9. The molecule has 0 N–H and O–H groups in total. The Morgan fingerprint density at radius 3 is 2.67 bits per heavy atom. The summed E-state index contributed by atoms with van der Waals surface area (Å²) < 4.78 is 17.9. The molecule has 36 heavy (non-hydrogen) atoms. The fourth-order valence-electron chi connectivity index (χ4n) is 4.01. The summed E-state index contributed by atoms with van der Waals surface area (Å²) in [5, 5.41) is 11.2. The Labute approximate surface area is 209 Å². The molecule has 11 heteroatoms. The van der Waals surface area contributed by atoms with Crippen LogP contribution in [0.25, 0.3) is 6.08 Å². The van der Waals surface area contributed by atoms with Gasteiger partial charge in [0.1, 0.15) is 17.5 Å². The molecule has 1 aliphatic heterocycles. The summed E-state index contributed by atoms with van der Waals surface area (Å²) in [4.78, 5) is 42.3. The number of rotatable bonds is 7. The topological polar surface area (TPSA) is 122 Å². The minimum atomic E-state index is -0.867. The number of aromatic nitrogens is 1. The van der Waals surface area contributed by atoms with E-state index in [2.05, 4.69) is 4.99 Å². The van der Waals surface area contributed by atoms with Crippen molar-refractivity contribution in [2.75, 3.05) is 20.8 Å². The number of nitro groups is 1. The SMILES string of the molecule is CCOC(=O)C1=C(C)N=c2s/c(=C\c3cccc([N+](=O)[O-])c3)c(=O)n2[C@H]1c1ccc(OC)cc1OC. The highest BCUT2D eigenvalue weighted by molar-refractivity contribution is 7.07. The van der Waals surface area contributed by atoms with Gasteiger partial charge in [0.15, 0.2) is 4.80 Å². The van der Waals surface area contributed by atoms with Crippen LogP contribution in [0.15, 0.2) is 63.5 Å². The number of nitrogens with zero attached hydrogens (tertiary/aromatic N) is 3. The van der Waals surface area contributed by atoms with E-state index in [0.29, 0.717) is 37.7 Å². The highest BCUT2D eigenvalue weighted by Gasteiger charge is 2.35. The number of methoxy groups -OCH3 is 2. The van der Waals surface area contributed by atoms with Gasteiger partial charge in [0, 0.05) is 23.8 Å². The van der Waals surface area contributed by atoms with Gasteiger partial charge in [-0.1, -0.05) is 23.5 Å². The molecule has 2 heterocycles. The van der Waals surface area contributed by atoms with E-state index in [1.807, 2.05) is 0 Å². The summed E-state index contributed by atoms with van der Waals surface area (Å²) in [7, 11) is 3.02. The zero-order valence-electron chi connectivity index (χ0n) is 20.0. The van der Waals surface area contributed by atoms with Crippen LogP contribution in [0.3, 0.4) is 0 Å². The Kier molecular flexibility index (Phi) is 7.02. The molecule has 0 fully saturated rings. The van der Waals surface area contributed by atoms with E-state index < -0.39 is 22.5 Å². The second-order valence-electron chi connectivity index (χ2n) is 7.76. The molecule has 0 bridgehead atoms. The van der Waals surface area contributed by atoms with Crippen LogP contribution >= 0.6 is 11.3 Å². The van der Waals surface area contributed by atoms with E-state index in [-0.39, 0.29) is 17.9 Å². The van der Waals surface area contributed by atoms with Gasteiger partial charge in [0.25, 0.3) is 11.2 Å². The molecule has 0 radical (unpaired) electrons. The van der Waals surface area contributed by atoms with Crippen molar-refractivity contribution in [3.8, 4) is 11.5 Å². The summed E-state index contributed by atoms with van der Waals surface area (Å²) in [6, 6.07) is 10.2. The Morgan fingerprint density at radius 2 is 2.00 bits per heavy atom. The second-order valence-corrected chi connectivity index (χ2v) is 8.77. The number of hydrogen-bond donors (Lipinski definition) is 0. The number of carbonyl (C=O) groups is 1. The van der Waals surface area contributed by atoms with E-state index in [4.69, 9.17) is 14.2 Å². The Morgan fingerprint density at radius 1 is 1.22 bits per heavy atom. The lowest BCUT2D eigenvalue weighted by Crippen LogP contribution is -2.40. The first-order chi connectivity index (χ1) is 17.3. The maximum atomic E-state index is 13.7. The van der Waals surface area contributed by atoms with Gasteiger partial charge in [0.2, 0.25) is 0 Å². The van der Waals surface area contributed by atoms with Crippen LogP contribution < -0.4 is 24.4 Å². The zero-order chi connectivity index (χ0) is 26.0. The number of ether oxygens (including phenoxy) is 3. The molecule has 0 unspecified atom stereocenters. The maximum Gasteiger partial charge on any atom is 0.338 e. The molecule has 1 atom stereocenters. The number of esters is 1. The van der Waals surface area contributed by atoms with Crippen LogP contribution in [-0.4, -0.2) is 36.3 Å². The first-order valence-corrected chi connectivity index (χ1v) is 11.8. The normalized spacial score (nSPS) is 15.2. The monoisotopic (exact) mass is 509 g/mol. The van der Waals surface area contributed by atoms with Gasteiger partial charge in [-0.2, -0.15) is 0 Å². The summed E-state index contributed by atoms with van der Waals surface area (Å²) in [5.41, 5.74) is 1.20. The number of carbonyl (C=O) groups excluding carboxylic acids is 1. The molecule has 3 aromatic rings. The van der Waals surface area contributed by atoms with Crippen LogP contribution in [0.4, 0.5) is 5.69 Å². The molecule has 0 amide bonds. The molecule has 4 rings (SSSR count). The van der Waals surface area contributed by atoms with Crippen molar-refractivity contribution in [1.82, 2.24) is 4.57 Å². The van der Waals surface area contributed by atoms with E-state index >= 15 is 0 Å². The second kappa shape index (κ2) is 10.2. The molecular formula is C25H23N3O7S. The largest absolute Gasteiger partial charge is 0.497 e. The fraction of sp³-hybridized carbons (Fsp3) is 0.240. The fourth-order valence-corrected chi connectivity index (χ4v) is 5.06. The van der Waals surface area contributed by atoms with E-state index in [9.17, 15) is 19.7 Å². The summed E-state index contributed by atoms with van der Waals surface area (Å²) in [5.74, 6) is 0.380. The van der Waals surface area contributed by atoms with Gasteiger partial charge >= 0.3 is 5.97 Å². The van der Waals surface area contributed by atoms with Gasteiger partial charge in [-0.15, -0.1) is 0 Å². The highest BCUT2D eigenvalue weighted by atomic mass is 32.1. The van der Waals surface area contributed by atoms with Crippen LogP contribution in [0.5, 0.6) is 11.5 Å². The molecule has 1 aliphatic rings. The van der Waals surface area contributed by atoms with Gasteiger partial charge in [-0.3, -0.25) is 19.5 Å². The molecule has 0 saturated carbocycles. The summed E-state index contributed by atoms with van der Waals surface area (Å²) >= 11 is 1.13. The number of allylic oxidation sites excluding steroid dienone is 1. The number of non-ortho nitro benzene ring substituents is 1. The van der Waals surface area contributed by atoms with E-state index in [1.54, 1.807) is 50.3 Å². The number of fused-ring (bicyclic) bond motifs is 1. The first-order valence-electron chi connectivity index (χ1n) is 10.9. The van der Waals surface area contributed by atoms with Crippen LogP contribution in [0.1, 0.15) is 31.0 Å². The summed E-state index contributed by atoms with van der Waals surface area (Å²) in [6.07, 6.45) is 1.57. The van der Waals surface area contributed by atoms with Gasteiger partial charge < -0.3 is 14.2 Å². The van der Waals surface area contributed by atoms with Crippen molar-refractivity contribution in [1.29, 1.82) is 0 Å². The molecule has 1 aromatic heterocycles. The van der Waals surface area contributed by atoms with Crippen LogP contribution in [0.2, 0.25) is 0 Å². The van der Waals surface area contributed by atoms with E-state index in [0.717, 1.165) is 11.3 Å². The van der Waals surface area contributed by atoms with Gasteiger partial charge in [0.05, 0.1) is 41.6 Å². The van der Waals surface area contributed by atoms with Gasteiger partial charge in [-0.05, 0) is 37.6 Å². The Bertz CT molecular complexity index is 1570. The molecule has 0 spiro atoms. The Balaban J connectivity index is 1.98. The number of nitro benzene ring substituents is 1. The van der Waals surface area contributed by atoms with Gasteiger partial charge in [-0.25, -0.2) is 9.79 Å². The lowest BCUT2D eigenvalue weighted by Gasteiger charge is -2.26. The molecule has 186 valence electrons. The molecule has 0 aliphatic carbocycles. The minimum Gasteiger partial charge on any atom is -0.497 e. The van der Waals surface area contributed by atoms with Crippen molar-refractivity contribution >= 4 is 29.1 Å². The highest BCUT2D eigenvalue weighted by Crippen LogP contribution is 2.37. The average molecular weight is 510 g/mol. The maximum absolute atomic E-state index is 13.7. The average Bonchev–Trinajstić information content (AvgIpc) is 3.17. The van der Waals surface area contributed by atoms with Crippen molar-refractivity contribution in [3.63, 3.8) is 0 Å². The lowest BCUT2D eigenvalue weighted by atomic mass is 9.95.